The largest absolute Gasteiger partial charge is 0.309 e. The minimum absolute atomic E-state index is 1.11. The third kappa shape index (κ3) is 4.63. The summed E-state index contributed by atoms with van der Waals surface area (Å²) < 4.78 is 4.86. The molecule has 2 heterocycles. The Morgan fingerprint density at radius 1 is 0.304 bits per heavy atom. The molecule has 1 aliphatic carbocycles. The van der Waals surface area contributed by atoms with Gasteiger partial charge in [-0.2, -0.15) is 0 Å². The molecule has 0 atom stereocenters. The van der Waals surface area contributed by atoms with E-state index in [0.717, 1.165) is 12.8 Å². The average Bonchev–Trinajstić information content (AvgIpc) is 3.79. The number of rotatable bonds is 4. The van der Waals surface area contributed by atoms with Crippen molar-refractivity contribution < 1.29 is 0 Å². The normalized spacial score (nSPS) is 13.2. The summed E-state index contributed by atoms with van der Waals surface area (Å²) in [6.07, 6.45) is 9.11. The van der Waals surface area contributed by atoms with Gasteiger partial charge in [0.1, 0.15) is 0 Å². The van der Waals surface area contributed by atoms with E-state index in [0.29, 0.717) is 0 Å². The lowest BCUT2D eigenvalue weighted by atomic mass is 9.94. The van der Waals surface area contributed by atoms with E-state index >= 15 is 0 Å². The highest BCUT2D eigenvalue weighted by Gasteiger charge is 2.17. The third-order valence-electron chi connectivity index (χ3n) is 12.1. The highest BCUT2D eigenvalue weighted by Crippen LogP contribution is 2.41. The number of hydrogen-bond acceptors (Lipinski definition) is 0. The van der Waals surface area contributed by atoms with E-state index in [-0.39, 0.29) is 0 Å². The zero-order chi connectivity index (χ0) is 36.7. The molecular formula is C54H36N2. The van der Waals surface area contributed by atoms with Gasteiger partial charge in [0.25, 0.3) is 0 Å². The molecular weight excluding hydrogens is 677 g/mol. The molecule has 1 aliphatic rings. The van der Waals surface area contributed by atoms with Crippen LogP contribution in [-0.4, -0.2) is 9.13 Å². The SMILES string of the molecule is C1=CC(c2ccc(-n3c4ccccc4c4cc(-c5ccc6c(c5)c5ccccc5n6-c5ccc6c7ccccc7c7ccccc7c6c5)ccc43)cc2)=CCC1. The Bertz CT molecular complexity index is 3420. The van der Waals surface area contributed by atoms with Crippen LogP contribution < -0.4 is 0 Å². The van der Waals surface area contributed by atoms with E-state index in [9.17, 15) is 0 Å². The molecule has 2 aromatic heterocycles. The molecule has 0 bridgehead atoms. The minimum Gasteiger partial charge on any atom is -0.309 e. The van der Waals surface area contributed by atoms with Crippen molar-refractivity contribution in [1.82, 2.24) is 9.13 Å². The van der Waals surface area contributed by atoms with E-state index < -0.39 is 0 Å². The van der Waals surface area contributed by atoms with Crippen molar-refractivity contribution in [2.75, 3.05) is 0 Å². The number of aromatic nitrogens is 2. The highest BCUT2D eigenvalue weighted by molar-refractivity contribution is 6.25. The lowest BCUT2D eigenvalue weighted by Gasteiger charge is -2.14. The first-order chi connectivity index (χ1) is 27.8. The van der Waals surface area contributed by atoms with Crippen molar-refractivity contribution in [1.29, 1.82) is 0 Å². The van der Waals surface area contributed by atoms with E-state index in [2.05, 4.69) is 203 Å². The predicted molar refractivity (Wildman–Crippen MR) is 239 cm³/mol. The van der Waals surface area contributed by atoms with Crippen molar-refractivity contribution in [3.05, 3.63) is 200 Å². The Hall–Kier alpha value is -7.16. The van der Waals surface area contributed by atoms with Crippen LogP contribution in [0.15, 0.2) is 194 Å². The maximum Gasteiger partial charge on any atom is 0.0541 e. The van der Waals surface area contributed by atoms with E-state index in [1.54, 1.807) is 0 Å². The van der Waals surface area contributed by atoms with Gasteiger partial charge in [-0.15, -0.1) is 0 Å². The zero-order valence-corrected chi connectivity index (χ0v) is 30.8. The van der Waals surface area contributed by atoms with Gasteiger partial charge in [-0.05, 0) is 128 Å². The molecule has 2 nitrogen and oxygen atoms in total. The number of fused-ring (bicyclic) bond motifs is 12. The van der Waals surface area contributed by atoms with Gasteiger partial charge in [-0.3, -0.25) is 0 Å². The van der Waals surface area contributed by atoms with Crippen LogP contribution in [0.3, 0.4) is 0 Å². The zero-order valence-electron chi connectivity index (χ0n) is 30.8. The monoisotopic (exact) mass is 712 g/mol. The maximum atomic E-state index is 2.45. The lowest BCUT2D eigenvalue weighted by molar-refractivity contribution is 1.04. The number of para-hydroxylation sites is 2. The summed E-state index contributed by atoms with van der Waals surface area (Å²) in [6, 6.07) is 65.4. The highest BCUT2D eigenvalue weighted by atomic mass is 15.0. The number of benzene rings is 9. The topological polar surface area (TPSA) is 9.86 Å². The van der Waals surface area contributed by atoms with Gasteiger partial charge in [0, 0.05) is 32.9 Å². The summed E-state index contributed by atoms with van der Waals surface area (Å²) in [5.41, 5.74) is 12.2. The van der Waals surface area contributed by atoms with Crippen molar-refractivity contribution >= 4 is 81.5 Å². The van der Waals surface area contributed by atoms with Crippen molar-refractivity contribution in [3.8, 4) is 22.5 Å². The first-order valence-corrected chi connectivity index (χ1v) is 19.7. The molecule has 262 valence electrons. The molecule has 0 amide bonds. The lowest BCUT2D eigenvalue weighted by Crippen LogP contribution is -1.95. The molecule has 12 rings (SSSR count). The Balaban J connectivity index is 1.01. The summed E-state index contributed by atoms with van der Waals surface area (Å²) in [5, 5.41) is 12.8. The Kier molecular flexibility index (Phi) is 6.79. The maximum absolute atomic E-state index is 2.45. The number of hydrogen-bond donors (Lipinski definition) is 0. The molecule has 0 fully saturated rings. The van der Waals surface area contributed by atoms with E-state index in [1.807, 2.05) is 0 Å². The average molecular weight is 713 g/mol. The molecule has 0 saturated heterocycles. The summed E-state index contributed by atoms with van der Waals surface area (Å²) in [4.78, 5) is 0. The second-order valence-electron chi connectivity index (χ2n) is 15.2. The second kappa shape index (κ2) is 12.2. The molecule has 9 aromatic carbocycles. The fourth-order valence-electron chi connectivity index (χ4n) is 9.53. The van der Waals surface area contributed by atoms with Crippen molar-refractivity contribution in [2.45, 2.75) is 12.8 Å². The van der Waals surface area contributed by atoms with Gasteiger partial charge in [-0.1, -0.05) is 133 Å². The van der Waals surface area contributed by atoms with Gasteiger partial charge >= 0.3 is 0 Å². The molecule has 0 saturated carbocycles. The Morgan fingerprint density at radius 2 is 0.750 bits per heavy atom. The van der Waals surface area contributed by atoms with Crippen LogP contribution >= 0.6 is 0 Å². The third-order valence-corrected chi connectivity index (χ3v) is 12.1. The molecule has 0 N–H and O–H groups in total. The first-order valence-electron chi connectivity index (χ1n) is 19.7. The molecule has 2 heteroatoms. The molecule has 0 unspecified atom stereocenters. The fourth-order valence-corrected chi connectivity index (χ4v) is 9.53. The van der Waals surface area contributed by atoms with E-state index in [1.165, 1.54) is 110 Å². The van der Waals surface area contributed by atoms with Gasteiger partial charge in [0.2, 0.25) is 0 Å². The minimum atomic E-state index is 1.11. The molecule has 0 aliphatic heterocycles. The fraction of sp³-hybridized carbons (Fsp3) is 0.0370. The van der Waals surface area contributed by atoms with Crippen LogP contribution in [0.5, 0.6) is 0 Å². The smallest absolute Gasteiger partial charge is 0.0541 e. The first kappa shape index (κ1) is 31.2. The quantitative estimate of drug-likeness (QED) is 0.161. The van der Waals surface area contributed by atoms with Gasteiger partial charge in [-0.25, -0.2) is 0 Å². The summed E-state index contributed by atoms with van der Waals surface area (Å²) in [6.45, 7) is 0. The van der Waals surface area contributed by atoms with Gasteiger partial charge < -0.3 is 9.13 Å². The summed E-state index contributed by atoms with van der Waals surface area (Å²) in [7, 11) is 0. The molecule has 56 heavy (non-hydrogen) atoms. The molecule has 0 radical (unpaired) electrons. The number of allylic oxidation sites excluding steroid dienone is 4. The van der Waals surface area contributed by atoms with Crippen LogP contribution in [0.2, 0.25) is 0 Å². The van der Waals surface area contributed by atoms with Gasteiger partial charge in [0.05, 0.1) is 22.1 Å². The van der Waals surface area contributed by atoms with Crippen molar-refractivity contribution in [2.24, 2.45) is 0 Å². The second-order valence-corrected chi connectivity index (χ2v) is 15.2. The van der Waals surface area contributed by atoms with Crippen LogP contribution in [0.25, 0.3) is 104 Å². The van der Waals surface area contributed by atoms with Crippen molar-refractivity contribution in [3.63, 3.8) is 0 Å². The van der Waals surface area contributed by atoms with Crippen LogP contribution in [0, 0.1) is 0 Å². The van der Waals surface area contributed by atoms with E-state index in [4.69, 9.17) is 0 Å². The Labute approximate surface area is 324 Å². The van der Waals surface area contributed by atoms with Gasteiger partial charge in [0.15, 0.2) is 0 Å². The summed E-state index contributed by atoms with van der Waals surface area (Å²) >= 11 is 0. The molecule has 0 spiro atoms. The standard InChI is InChI=1S/C54H36N2/c1-2-12-35(13-3-1)36-22-26-39(27-23-36)55-51-20-10-8-18-46(51)49-32-37(24-30-53(49)55)38-25-31-54-50(33-38)47-19-9-11-21-52(47)56(54)40-28-29-45-43-16-5-4-14-41(43)42-15-6-7-17-44(42)48(45)34-40/h2,4-34H,1,3H2. The van der Waals surface area contributed by atoms with Crippen LogP contribution in [-0.2, 0) is 0 Å². The predicted octanol–water partition coefficient (Wildman–Crippen LogP) is 14.7. The summed E-state index contributed by atoms with van der Waals surface area (Å²) in [5.74, 6) is 0. The molecule has 11 aromatic rings. The Morgan fingerprint density at radius 3 is 1.30 bits per heavy atom. The van der Waals surface area contributed by atoms with Crippen LogP contribution in [0.1, 0.15) is 18.4 Å². The van der Waals surface area contributed by atoms with Crippen LogP contribution in [0.4, 0.5) is 0 Å². The number of nitrogens with zero attached hydrogens (tertiary/aromatic N) is 2.